The second-order valence-corrected chi connectivity index (χ2v) is 3.57. The van der Waals surface area contributed by atoms with Gasteiger partial charge in [-0.3, -0.25) is 14.4 Å². The van der Waals surface area contributed by atoms with Gasteiger partial charge in [0.25, 0.3) is 0 Å². The van der Waals surface area contributed by atoms with Gasteiger partial charge in [0.05, 0.1) is 20.6 Å². The molecule has 6 nitrogen and oxygen atoms in total. The van der Waals surface area contributed by atoms with Crippen LogP contribution < -0.4 is 0 Å². The first-order valence-electron chi connectivity index (χ1n) is 5.02. The van der Waals surface area contributed by atoms with E-state index in [1.807, 2.05) is 0 Å². The molecule has 0 aromatic carbocycles. The van der Waals surface area contributed by atoms with E-state index in [9.17, 15) is 14.4 Å². The molecule has 0 bridgehead atoms. The molecule has 1 aliphatic heterocycles. The largest absolute Gasteiger partial charge is 0.469 e. The van der Waals surface area contributed by atoms with E-state index in [4.69, 9.17) is 4.74 Å². The second-order valence-electron chi connectivity index (χ2n) is 3.57. The number of cyclic esters (lactones) is 1. The highest BCUT2D eigenvalue weighted by atomic mass is 16.6. The molecule has 0 unspecified atom stereocenters. The Morgan fingerprint density at radius 3 is 2.53 bits per heavy atom. The number of hydrogen-bond donors (Lipinski definition) is 0. The van der Waals surface area contributed by atoms with Crippen LogP contribution in [0.5, 0.6) is 0 Å². The highest BCUT2D eigenvalue weighted by molar-refractivity contribution is 5.97. The smallest absolute Gasteiger partial charge is 0.321 e. The molecule has 0 saturated carbocycles. The predicted molar refractivity (Wildman–Crippen MR) is 55.7 cm³/mol. The van der Waals surface area contributed by atoms with Gasteiger partial charge < -0.3 is 14.2 Å². The topological polar surface area (TPSA) is 78.9 Å². The van der Waals surface area contributed by atoms with Crippen LogP contribution in [0.25, 0.3) is 0 Å². The number of esters is 3. The first-order chi connectivity index (χ1) is 8.04. The third-order valence-electron chi connectivity index (χ3n) is 2.66. The number of carbonyl (C=O) groups excluding carboxylic acids is 3. The molecule has 0 aromatic rings. The van der Waals surface area contributed by atoms with Crippen molar-refractivity contribution in [3.05, 3.63) is 12.7 Å². The maximum absolute atomic E-state index is 11.5. The average Bonchev–Trinajstić information content (AvgIpc) is 2.63. The number of hydrogen-bond acceptors (Lipinski definition) is 6. The Morgan fingerprint density at radius 2 is 2.06 bits per heavy atom. The Kier molecular flexibility index (Phi) is 4.25. The molecule has 1 saturated heterocycles. The summed E-state index contributed by atoms with van der Waals surface area (Å²) in [5.41, 5.74) is 0. The fourth-order valence-corrected chi connectivity index (χ4v) is 1.77. The number of methoxy groups -OCH3 is 2. The Morgan fingerprint density at radius 1 is 1.41 bits per heavy atom. The highest BCUT2D eigenvalue weighted by Crippen LogP contribution is 2.32. The van der Waals surface area contributed by atoms with Crippen LogP contribution in [0.1, 0.15) is 6.42 Å². The second kappa shape index (κ2) is 5.47. The summed E-state index contributed by atoms with van der Waals surface area (Å²) in [6.07, 6.45) is 0.587. The molecule has 0 spiro atoms. The van der Waals surface area contributed by atoms with Gasteiger partial charge in [-0.05, 0) is 0 Å². The molecule has 0 aliphatic carbocycles. The standard InChI is InChI=1S/C11H14O6/c1-4-6-7(5-8(12)15-2)17-11(14)9(6)10(13)16-3/h4,6-7,9H,1,5H2,2-3H3/t6-,7+,9-/m0/s1. The van der Waals surface area contributed by atoms with Crippen LogP contribution in [-0.2, 0) is 28.6 Å². The molecule has 3 atom stereocenters. The van der Waals surface area contributed by atoms with Crippen molar-refractivity contribution in [1.29, 1.82) is 0 Å². The van der Waals surface area contributed by atoms with Gasteiger partial charge in [-0.1, -0.05) is 6.08 Å². The summed E-state index contributed by atoms with van der Waals surface area (Å²) in [7, 11) is 2.42. The maximum Gasteiger partial charge on any atom is 0.321 e. The third kappa shape index (κ3) is 2.64. The van der Waals surface area contributed by atoms with E-state index < -0.39 is 35.8 Å². The third-order valence-corrected chi connectivity index (χ3v) is 2.66. The van der Waals surface area contributed by atoms with Crippen LogP contribution in [0, 0.1) is 11.8 Å². The normalized spacial score (nSPS) is 27.2. The lowest BCUT2D eigenvalue weighted by Crippen LogP contribution is -2.28. The van der Waals surface area contributed by atoms with E-state index >= 15 is 0 Å². The summed E-state index contributed by atoms with van der Waals surface area (Å²) < 4.78 is 14.0. The van der Waals surface area contributed by atoms with Crippen LogP contribution >= 0.6 is 0 Å². The van der Waals surface area contributed by atoms with Crippen LogP contribution in [0.3, 0.4) is 0 Å². The lowest BCUT2D eigenvalue weighted by molar-refractivity contribution is -0.155. The molecular formula is C11H14O6. The van der Waals surface area contributed by atoms with Crippen molar-refractivity contribution in [1.82, 2.24) is 0 Å². The van der Waals surface area contributed by atoms with E-state index in [1.165, 1.54) is 20.3 Å². The molecule has 17 heavy (non-hydrogen) atoms. The first-order valence-corrected chi connectivity index (χ1v) is 5.02. The summed E-state index contributed by atoms with van der Waals surface area (Å²) in [5.74, 6) is -3.52. The fourth-order valence-electron chi connectivity index (χ4n) is 1.77. The molecule has 94 valence electrons. The van der Waals surface area contributed by atoms with Gasteiger partial charge in [0.1, 0.15) is 6.10 Å². The fraction of sp³-hybridized carbons (Fsp3) is 0.545. The first kappa shape index (κ1) is 13.2. The Bertz CT molecular complexity index is 348. The predicted octanol–water partition coefficient (Wildman–Crippen LogP) is 0.0663. The monoisotopic (exact) mass is 242 g/mol. The average molecular weight is 242 g/mol. The van der Waals surface area contributed by atoms with Gasteiger partial charge in [-0.2, -0.15) is 0 Å². The molecule has 1 fully saturated rings. The zero-order chi connectivity index (χ0) is 13.0. The highest BCUT2D eigenvalue weighted by Gasteiger charge is 2.48. The van der Waals surface area contributed by atoms with Crippen LogP contribution in [0.2, 0.25) is 0 Å². The summed E-state index contributed by atoms with van der Waals surface area (Å²) in [6, 6.07) is 0. The molecule has 1 rings (SSSR count). The van der Waals surface area contributed by atoms with Crippen molar-refractivity contribution >= 4 is 17.9 Å². The van der Waals surface area contributed by atoms with E-state index in [0.717, 1.165) is 0 Å². The summed E-state index contributed by atoms with van der Waals surface area (Å²) >= 11 is 0. The molecule has 0 amide bonds. The summed E-state index contributed by atoms with van der Waals surface area (Å²) in [4.78, 5) is 34.0. The lowest BCUT2D eigenvalue weighted by Gasteiger charge is -2.14. The van der Waals surface area contributed by atoms with E-state index in [2.05, 4.69) is 16.1 Å². The molecule has 1 heterocycles. The summed E-state index contributed by atoms with van der Waals surface area (Å²) in [5, 5.41) is 0. The lowest BCUT2D eigenvalue weighted by atomic mass is 9.89. The van der Waals surface area contributed by atoms with Gasteiger partial charge >= 0.3 is 17.9 Å². The van der Waals surface area contributed by atoms with Gasteiger partial charge in [-0.25, -0.2) is 0 Å². The Labute approximate surface area is 98.5 Å². The van der Waals surface area contributed by atoms with Crippen molar-refractivity contribution in [2.75, 3.05) is 14.2 Å². The van der Waals surface area contributed by atoms with E-state index in [-0.39, 0.29) is 6.42 Å². The van der Waals surface area contributed by atoms with Gasteiger partial charge in [0.2, 0.25) is 0 Å². The minimum atomic E-state index is -1.05. The van der Waals surface area contributed by atoms with E-state index in [0.29, 0.717) is 0 Å². The van der Waals surface area contributed by atoms with Gasteiger partial charge in [-0.15, -0.1) is 6.58 Å². The SMILES string of the molecule is C=C[C@@H]1[C@@H](C(=O)OC)C(=O)O[C@@H]1CC(=O)OC. The van der Waals surface area contributed by atoms with Crippen molar-refractivity contribution < 1.29 is 28.6 Å². The van der Waals surface area contributed by atoms with Gasteiger partial charge in [0.15, 0.2) is 5.92 Å². The molecule has 0 aromatic heterocycles. The zero-order valence-electron chi connectivity index (χ0n) is 9.67. The number of ether oxygens (including phenoxy) is 3. The molecule has 1 aliphatic rings. The Balaban J connectivity index is 2.83. The van der Waals surface area contributed by atoms with E-state index in [1.54, 1.807) is 0 Å². The maximum atomic E-state index is 11.5. The quantitative estimate of drug-likeness (QED) is 0.300. The number of carbonyl (C=O) groups is 3. The molecule has 0 radical (unpaired) electrons. The van der Waals surface area contributed by atoms with Crippen molar-refractivity contribution in [2.45, 2.75) is 12.5 Å². The molecular weight excluding hydrogens is 228 g/mol. The Hall–Kier alpha value is -1.85. The van der Waals surface area contributed by atoms with Crippen LogP contribution in [0.15, 0.2) is 12.7 Å². The number of rotatable bonds is 4. The zero-order valence-corrected chi connectivity index (χ0v) is 9.67. The van der Waals surface area contributed by atoms with Crippen molar-refractivity contribution in [2.24, 2.45) is 11.8 Å². The van der Waals surface area contributed by atoms with Crippen molar-refractivity contribution in [3.8, 4) is 0 Å². The van der Waals surface area contributed by atoms with Crippen LogP contribution in [0.4, 0.5) is 0 Å². The molecule has 6 heteroatoms. The molecule has 0 N–H and O–H groups in total. The van der Waals surface area contributed by atoms with Crippen LogP contribution in [-0.4, -0.2) is 38.2 Å². The van der Waals surface area contributed by atoms with Gasteiger partial charge in [0, 0.05) is 5.92 Å². The van der Waals surface area contributed by atoms with Crippen molar-refractivity contribution in [3.63, 3.8) is 0 Å². The summed E-state index contributed by atoms with van der Waals surface area (Å²) in [6.45, 7) is 3.54. The minimum absolute atomic E-state index is 0.105. The minimum Gasteiger partial charge on any atom is -0.469 e.